The van der Waals surface area contributed by atoms with Gasteiger partial charge in [0, 0.05) is 37.6 Å². The maximum Gasteiger partial charge on any atom is 0.0372 e. The van der Waals surface area contributed by atoms with Crippen molar-refractivity contribution in [2.75, 3.05) is 36.0 Å². The van der Waals surface area contributed by atoms with E-state index >= 15 is 0 Å². The van der Waals surface area contributed by atoms with Gasteiger partial charge in [0.05, 0.1) is 0 Å². The highest BCUT2D eigenvalue weighted by Crippen LogP contribution is 2.50. The molecule has 2 nitrogen and oxygen atoms in total. The molecule has 8 aromatic rings. The first-order valence-electron chi connectivity index (χ1n) is 19.4. The molecule has 2 heterocycles. The standard InChI is InChI=1S/C50H44N2/c1-4-15-36(16-5-1)42-26-23-37-18-7-9-21-41(37)49(42)50-45-28-25-38(51-29-10-2-11-30-51)33-46(45)48(43-22-14-19-35-17-6-8-20-40(35)43)44-27-24-39(34-47(44)50)52-31-12-3-13-32-52/h1,4-9,14-28,33-34H,2-3,10-13,29-32H2. The molecule has 254 valence electrons. The number of rotatable bonds is 5. The Kier molecular flexibility index (Phi) is 7.90. The first-order valence-corrected chi connectivity index (χ1v) is 19.4. The lowest BCUT2D eigenvalue weighted by atomic mass is 9.81. The third-order valence-corrected chi connectivity index (χ3v) is 11.8. The van der Waals surface area contributed by atoms with E-state index in [0.717, 1.165) is 26.2 Å². The van der Waals surface area contributed by atoms with Crippen LogP contribution in [0.3, 0.4) is 0 Å². The van der Waals surface area contributed by atoms with Gasteiger partial charge in [-0.25, -0.2) is 0 Å². The summed E-state index contributed by atoms with van der Waals surface area (Å²) in [5.74, 6) is 0. The van der Waals surface area contributed by atoms with Crippen LogP contribution in [-0.2, 0) is 0 Å². The summed E-state index contributed by atoms with van der Waals surface area (Å²) in [6, 6.07) is 55.3. The van der Waals surface area contributed by atoms with E-state index < -0.39 is 0 Å². The molecule has 0 radical (unpaired) electrons. The van der Waals surface area contributed by atoms with Crippen LogP contribution in [0.15, 0.2) is 146 Å². The second-order valence-corrected chi connectivity index (χ2v) is 14.9. The zero-order valence-electron chi connectivity index (χ0n) is 29.8. The molecule has 10 rings (SSSR count). The summed E-state index contributed by atoms with van der Waals surface area (Å²) >= 11 is 0. The van der Waals surface area contributed by atoms with Crippen molar-refractivity contribution in [2.24, 2.45) is 0 Å². The number of nitrogens with zero attached hydrogens (tertiary/aromatic N) is 2. The van der Waals surface area contributed by atoms with Crippen LogP contribution in [-0.4, -0.2) is 26.2 Å². The fourth-order valence-electron chi connectivity index (χ4n) is 9.30. The van der Waals surface area contributed by atoms with Crippen LogP contribution in [0.4, 0.5) is 11.4 Å². The van der Waals surface area contributed by atoms with E-state index in [1.807, 2.05) is 0 Å². The molecule has 0 aromatic heterocycles. The average molecular weight is 673 g/mol. The minimum atomic E-state index is 1.12. The van der Waals surface area contributed by atoms with Gasteiger partial charge in [-0.05, 0) is 139 Å². The van der Waals surface area contributed by atoms with Crippen LogP contribution in [0.1, 0.15) is 38.5 Å². The molecule has 0 aliphatic carbocycles. The minimum Gasteiger partial charge on any atom is -0.372 e. The van der Waals surface area contributed by atoms with Crippen molar-refractivity contribution in [2.45, 2.75) is 38.5 Å². The van der Waals surface area contributed by atoms with Gasteiger partial charge in [-0.3, -0.25) is 0 Å². The number of piperidine rings is 2. The Labute approximate surface area is 306 Å². The molecular formula is C50H44N2. The predicted molar refractivity (Wildman–Crippen MR) is 225 cm³/mol. The maximum atomic E-state index is 2.62. The van der Waals surface area contributed by atoms with Crippen molar-refractivity contribution in [3.05, 3.63) is 146 Å². The zero-order chi connectivity index (χ0) is 34.4. The van der Waals surface area contributed by atoms with E-state index in [1.54, 1.807) is 0 Å². The summed E-state index contributed by atoms with van der Waals surface area (Å²) in [5.41, 5.74) is 10.5. The first kappa shape index (κ1) is 31.2. The third-order valence-electron chi connectivity index (χ3n) is 11.8. The average Bonchev–Trinajstić information content (AvgIpc) is 3.23. The summed E-state index contributed by atoms with van der Waals surface area (Å²) in [6.07, 6.45) is 7.67. The Morgan fingerprint density at radius 3 is 1.52 bits per heavy atom. The summed E-state index contributed by atoms with van der Waals surface area (Å²) in [6.45, 7) is 4.48. The van der Waals surface area contributed by atoms with Crippen molar-refractivity contribution >= 4 is 54.5 Å². The lowest BCUT2D eigenvalue weighted by molar-refractivity contribution is 0.578. The molecule has 0 unspecified atom stereocenters. The molecule has 0 N–H and O–H groups in total. The first-order chi connectivity index (χ1) is 25.8. The van der Waals surface area contributed by atoms with Gasteiger partial charge < -0.3 is 9.80 Å². The number of hydrogen-bond donors (Lipinski definition) is 0. The van der Waals surface area contributed by atoms with Crippen LogP contribution in [0.5, 0.6) is 0 Å². The van der Waals surface area contributed by atoms with Crippen LogP contribution < -0.4 is 9.80 Å². The fourth-order valence-corrected chi connectivity index (χ4v) is 9.30. The minimum absolute atomic E-state index is 1.12. The summed E-state index contributed by atoms with van der Waals surface area (Å²) in [5, 5.41) is 10.5. The highest BCUT2D eigenvalue weighted by atomic mass is 15.1. The predicted octanol–water partition coefficient (Wildman–Crippen LogP) is 13.3. The molecule has 0 bridgehead atoms. The Morgan fingerprint density at radius 1 is 0.308 bits per heavy atom. The highest BCUT2D eigenvalue weighted by Gasteiger charge is 2.24. The second kappa shape index (κ2) is 13.2. The van der Waals surface area contributed by atoms with Crippen LogP contribution in [0.25, 0.3) is 76.5 Å². The Morgan fingerprint density at radius 2 is 0.846 bits per heavy atom. The van der Waals surface area contributed by atoms with E-state index in [0.29, 0.717) is 0 Å². The molecule has 2 fully saturated rings. The van der Waals surface area contributed by atoms with Crippen LogP contribution >= 0.6 is 0 Å². The third kappa shape index (κ3) is 5.32. The molecule has 8 aromatic carbocycles. The maximum absolute atomic E-state index is 2.62. The zero-order valence-corrected chi connectivity index (χ0v) is 29.8. The molecular weight excluding hydrogens is 629 g/mol. The van der Waals surface area contributed by atoms with Gasteiger partial charge in [0.1, 0.15) is 0 Å². The molecule has 0 amide bonds. The van der Waals surface area contributed by atoms with Gasteiger partial charge in [0.15, 0.2) is 0 Å². The summed E-state index contributed by atoms with van der Waals surface area (Å²) in [7, 11) is 0. The van der Waals surface area contributed by atoms with Gasteiger partial charge in [-0.2, -0.15) is 0 Å². The van der Waals surface area contributed by atoms with E-state index in [-0.39, 0.29) is 0 Å². The Bertz CT molecular complexity index is 2580. The lowest BCUT2D eigenvalue weighted by Gasteiger charge is -2.31. The topological polar surface area (TPSA) is 6.48 Å². The number of anilines is 2. The Hall–Kier alpha value is -5.60. The number of benzene rings is 8. The molecule has 52 heavy (non-hydrogen) atoms. The monoisotopic (exact) mass is 672 g/mol. The highest BCUT2D eigenvalue weighted by molar-refractivity contribution is 6.27. The largest absolute Gasteiger partial charge is 0.372 e. The van der Waals surface area contributed by atoms with Crippen molar-refractivity contribution in [1.29, 1.82) is 0 Å². The van der Waals surface area contributed by atoms with Gasteiger partial charge in [-0.1, -0.05) is 121 Å². The van der Waals surface area contributed by atoms with Crippen LogP contribution in [0, 0.1) is 0 Å². The summed E-state index contributed by atoms with van der Waals surface area (Å²) < 4.78 is 0. The van der Waals surface area contributed by atoms with Crippen molar-refractivity contribution in [1.82, 2.24) is 0 Å². The van der Waals surface area contributed by atoms with E-state index in [2.05, 4.69) is 155 Å². The molecule has 0 atom stereocenters. The Balaban J connectivity index is 1.39. The molecule has 2 heteroatoms. The van der Waals surface area contributed by atoms with Crippen LogP contribution in [0.2, 0.25) is 0 Å². The van der Waals surface area contributed by atoms with E-state index in [4.69, 9.17) is 0 Å². The molecule has 2 aliphatic heterocycles. The van der Waals surface area contributed by atoms with Gasteiger partial charge in [0.25, 0.3) is 0 Å². The summed E-state index contributed by atoms with van der Waals surface area (Å²) in [4.78, 5) is 5.24. The quantitative estimate of drug-likeness (QED) is 0.168. The van der Waals surface area contributed by atoms with E-state index in [1.165, 1.54) is 126 Å². The lowest BCUT2D eigenvalue weighted by Crippen LogP contribution is -2.29. The van der Waals surface area contributed by atoms with Gasteiger partial charge in [0.2, 0.25) is 0 Å². The molecule has 2 saturated heterocycles. The van der Waals surface area contributed by atoms with Crippen molar-refractivity contribution in [3.63, 3.8) is 0 Å². The van der Waals surface area contributed by atoms with Crippen molar-refractivity contribution < 1.29 is 0 Å². The molecule has 0 saturated carbocycles. The normalized spacial score (nSPS) is 15.2. The van der Waals surface area contributed by atoms with Gasteiger partial charge >= 0.3 is 0 Å². The number of fused-ring (bicyclic) bond motifs is 4. The van der Waals surface area contributed by atoms with Gasteiger partial charge in [-0.15, -0.1) is 0 Å². The molecule has 0 spiro atoms. The number of hydrogen-bond acceptors (Lipinski definition) is 2. The fraction of sp³-hybridized carbons (Fsp3) is 0.200. The molecule has 2 aliphatic rings. The second-order valence-electron chi connectivity index (χ2n) is 14.9. The van der Waals surface area contributed by atoms with Crippen molar-refractivity contribution in [3.8, 4) is 33.4 Å². The SMILES string of the molecule is c1ccc(-c2ccc3ccccc3c2-c2c3ccc(N4CCCCC4)cc3c(-c3cccc4ccccc34)c3ccc(N4CCCCC4)cc23)cc1. The smallest absolute Gasteiger partial charge is 0.0372 e. The van der Waals surface area contributed by atoms with E-state index in [9.17, 15) is 0 Å².